The van der Waals surface area contributed by atoms with E-state index in [4.69, 9.17) is 23.2 Å². The van der Waals surface area contributed by atoms with Crippen molar-refractivity contribution in [2.45, 2.75) is 6.42 Å². The highest BCUT2D eigenvalue weighted by Gasteiger charge is 2.06. The lowest BCUT2D eigenvalue weighted by atomic mass is 10.0. The molecule has 98 valence electrons. The van der Waals surface area contributed by atoms with Gasteiger partial charge in [-0.2, -0.15) is 0 Å². The van der Waals surface area contributed by atoms with Gasteiger partial charge in [-0.05, 0) is 47.9 Å². The zero-order valence-corrected chi connectivity index (χ0v) is 11.8. The van der Waals surface area contributed by atoms with Crippen LogP contribution >= 0.6 is 23.2 Å². The van der Waals surface area contributed by atoms with Gasteiger partial charge in [0.25, 0.3) is 0 Å². The van der Waals surface area contributed by atoms with E-state index in [9.17, 15) is 4.79 Å². The smallest absolute Gasteiger partial charge is 0.337 e. The zero-order valence-electron chi connectivity index (χ0n) is 10.3. The van der Waals surface area contributed by atoms with E-state index in [1.165, 1.54) is 7.11 Å². The van der Waals surface area contributed by atoms with Crippen molar-refractivity contribution in [3.8, 4) is 0 Å². The molecule has 0 aliphatic heterocycles. The highest BCUT2D eigenvalue weighted by Crippen LogP contribution is 2.23. The molecule has 4 heteroatoms. The van der Waals surface area contributed by atoms with Crippen molar-refractivity contribution in [2.75, 3.05) is 7.11 Å². The molecule has 2 nitrogen and oxygen atoms in total. The molecule has 0 bridgehead atoms. The second-order valence-electron chi connectivity index (χ2n) is 4.10. The number of carbonyl (C=O) groups excluding carboxylic acids is 1. The molecule has 0 aliphatic carbocycles. The first-order valence-corrected chi connectivity index (χ1v) is 6.47. The first kappa shape index (κ1) is 13.9. The summed E-state index contributed by atoms with van der Waals surface area (Å²) in [6.07, 6.45) is 0.668. The summed E-state index contributed by atoms with van der Waals surface area (Å²) in [6.45, 7) is 0. The number of halogens is 2. The standard InChI is InChI=1S/C15H12Cl2O2/c1-19-15(18)11-4-2-10(3-5-11)8-12-9-13(16)6-7-14(12)17/h2-7,9H,8H2,1H3. The molecule has 0 aliphatic rings. The summed E-state index contributed by atoms with van der Waals surface area (Å²) in [5.41, 5.74) is 2.54. The van der Waals surface area contributed by atoms with E-state index in [1.54, 1.807) is 24.3 Å². The molecule has 0 unspecified atom stereocenters. The lowest BCUT2D eigenvalue weighted by Gasteiger charge is -2.06. The van der Waals surface area contributed by atoms with Crippen molar-refractivity contribution >= 4 is 29.2 Å². The topological polar surface area (TPSA) is 26.3 Å². The Morgan fingerprint density at radius 1 is 1.11 bits per heavy atom. The van der Waals surface area contributed by atoms with Crippen LogP contribution in [-0.2, 0) is 11.2 Å². The van der Waals surface area contributed by atoms with Gasteiger partial charge in [-0.25, -0.2) is 4.79 Å². The molecule has 0 aromatic heterocycles. The molecule has 0 heterocycles. The number of hydrogen-bond acceptors (Lipinski definition) is 2. The van der Waals surface area contributed by atoms with Gasteiger partial charge in [0.05, 0.1) is 12.7 Å². The molecule has 2 aromatic rings. The molecule has 0 radical (unpaired) electrons. The van der Waals surface area contributed by atoms with E-state index in [0.717, 1.165) is 11.1 Å². The number of esters is 1. The van der Waals surface area contributed by atoms with Crippen molar-refractivity contribution in [3.05, 3.63) is 69.2 Å². The Balaban J connectivity index is 2.19. The quantitative estimate of drug-likeness (QED) is 0.786. The van der Waals surface area contributed by atoms with Crippen LogP contribution in [0.25, 0.3) is 0 Å². The summed E-state index contributed by atoms with van der Waals surface area (Å²) in [6, 6.07) is 12.6. The highest BCUT2D eigenvalue weighted by molar-refractivity contribution is 6.33. The van der Waals surface area contributed by atoms with E-state index in [0.29, 0.717) is 22.0 Å². The van der Waals surface area contributed by atoms with Crippen molar-refractivity contribution in [3.63, 3.8) is 0 Å². The fraction of sp³-hybridized carbons (Fsp3) is 0.133. The second kappa shape index (κ2) is 6.09. The van der Waals surface area contributed by atoms with Gasteiger partial charge in [-0.1, -0.05) is 35.3 Å². The Hall–Kier alpha value is -1.51. The summed E-state index contributed by atoms with van der Waals surface area (Å²) in [5, 5.41) is 1.34. The number of hydrogen-bond donors (Lipinski definition) is 0. The molecule has 19 heavy (non-hydrogen) atoms. The van der Waals surface area contributed by atoms with E-state index in [1.807, 2.05) is 18.2 Å². The van der Waals surface area contributed by atoms with Crippen LogP contribution in [0, 0.1) is 0 Å². The number of ether oxygens (including phenoxy) is 1. The fourth-order valence-corrected chi connectivity index (χ4v) is 2.15. The summed E-state index contributed by atoms with van der Waals surface area (Å²) in [7, 11) is 1.36. The minimum Gasteiger partial charge on any atom is -0.465 e. The Morgan fingerprint density at radius 2 is 1.79 bits per heavy atom. The molecular formula is C15H12Cl2O2. The van der Waals surface area contributed by atoms with Gasteiger partial charge in [0, 0.05) is 10.0 Å². The molecule has 2 rings (SSSR count). The molecule has 0 spiro atoms. The van der Waals surface area contributed by atoms with Crippen molar-refractivity contribution in [1.29, 1.82) is 0 Å². The van der Waals surface area contributed by atoms with Crippen molar-refractivity contribution in [2.24, 2.45) is 0 Å². The molecule has 0 saturated carbocycles. The van der Waals surface area contributed by atoms with E-state index in [-0.39, 0.29) is 5.97 Å². The highest BCUT2D eigenvalue weighted by atomic mass is 35.5. The molecule has 0 fully saturated rings. The SMILES string of the molecule is COC(=O)c1ccc(Cc2cc(Cl)ccc2Cl)cc1. The van der Waals surface area contributed by atoms with Gasteiger partial charge in [-0.15, -0.1) is 0 Å². The second-order valence-corrected chi connectivity index (χ2v) is 4.94. The number of methoxy groups -OCH3 is 1. The number of rotatable bonds is 3. The molecule has 0 atom stereocenters. The lowest BCUT2D eigenvalue weighted by Crippen LogP contribution is -2.01. The van der Waals surface area contributed by atoms with Crippen LogP contribution in [0.15, 0.2) is 42.5 Å². The number of carbonyl (C=O) groups is 1. The maximum atomic E-state index is 11.3. The van der Waals surface area contributed by atoms with Gasteiger partial charge in [-0.3, -0.25) is 0 Å². The van der Waals surface area contributed by atoms with Crippen molar-refractivity contribution < 1.29 is 9.53 Å². The maximum Gasteiger partial charge on any atom is 0.337 e. The van der Waals surface area contributed by atoms with Gasteiger partial charge in [0.15, 0.2) is 0 Å². The van der Waals surface area contributed by atoms with Crippen LogP contribution in [-0.4, -0.2) is 13.1 Å². The van der Waals surface area contributed by atoms with Crippen LogP contribution in [0.3, 0.4) is 0 Å². The van der Waals surface area contributed by atoms with Crippen LogP contribution in [0.1, 0.15) is 21.5 Å². The first-order valence-electron chi connectivity index (χ1n) is 5.71. The normalized spacial score (nSPS) is 10.3. The van der Waals surface area contributed by atoms with E-state index in [2.05, 4.69) is 4.74 Å². The van der Waals surface area contributed by atoms with Crippen LogP contribution in [0.5, 0.6) is 0 Å². The summed E-state index contributed by atoms with van der Waals surface area (Å²) < 4.78 is 4.65. The summed E-state index contributed by atoms with van der Waals surface area (Å²) in [4.78, 5) is 11.3. The lowest BCUT2D eigenvalue weighted by molar-refractivity contribution is 0.0600. The Bertz CT molecular complexity index is 592. The predicted molar refractivity (Wildman–Crippen MR) is 77.0 cm³/mol. The fourth-order valence-electron chi connectivity index (χ4n) is 1.78. The minimum atomic E-state index is -0.340. The third kappa shape index (κ3) is 3.49. The van der Waals surface area contributed by atoms with Crippen LogP contribution in [0.2, 0.25) is 10.0 Å². The third-order valence-corrected chi connectivity index (χ3v) is 3.38. The molecular weight excluding hydrogens is 283 g/mol. The predicted octanol–water partition coefficient (Wildman–Crippen LogP) is 4.37. The third-order valence-electron chi connectivity index (χ3n) is 2.78. The average molecular weight is 295 g/mol. The number of benzene rings is 2. The summed E-state index contributed by atoms with van der Waals surface area (Å²) >= 11 is 12.1. The minimum absolute atomic E-state index is 0.340. The van der Waals surface area contributed by atoms with E-state index >= 15 is 0 Å². The Labute approximate surface area is 121 Å². The molecule has 2 aromatic carbocycles. The van der Waals surface area contributed by atoms with Gasteiger partial charge in [0.1, 0.15) is 0 Å². The molecule has 0 amide bonds. The first-order chi connectivity index (χ1) is 9.10. The van der Waals surface area contributed by atoms with Gasteiger partial charge in [0.2, 0.25) is 0 Å². The van der Waals surface area contributed by atoms with Crippen LogP contribution < -0.4 is 0 Å². The monoisotopic (exact) mass is 294 g/mol. The molecule has 0 saturated heterocycles. The van der Waals surface area contributed by atoms with E-state index < -0.39 is 0 Å². The van der Waals surface area contributed by atoms with Crippen molar-refractivity contribution in [1.82, 2.24) is 0 Å². The van der Waals surface area contributed by atoms with Crippen LogP contribution in [0.4, 0.5) is 0 Å². The van der Waals surface area contributed by atoms with Gasteiger partial charge < -0.3 is 4.74 Å². The zero-order chi connectivity index (χ0) is 13.8. The Morgan fingerprint density at radius 3 is 2.42 bits per heavy atom. The van der Waals surface area contributed by atoms with Gasteiger partial charge >= 0.3 is 5.97 Å². The largest absolute Gasteiger partial charge is 0.465 e. The average Bonchev–Trinajstić information content (AvgIpc) is 2.43. The Kier molecular flexibility index (Phi) is 4.46. The maximum absolute atomic E-state index is 11.3. The molecule has 0 N–H and O–H groups in total. The summed E-state index contributed by atoms with van der Waals surface area (Å²) in [5.74, 6) is -0.340.